The number of rotatable bonds is 8. The lowest BCUT2D eigenvalue weighted by molar-refractivity contribution is -0.145. The van der Waals surface area contributed by atoms with Gasteiger partial charge in [0, 0.05) is 42.5 Å². The lowest BCUT2D eigenvalue weighted by Gasteiger charge is -2.17. The van der Waals surface area contributed by atoms with Gasteiger partial charge in [-0.1, -0.05) is 59.6 Å². The van der Waals surface area contributed by atoms with Gasteiger partial charge in [-0.05, 0) is 72.3 Å². The van der Waals surface area contributed by atoms with E-state index in [1.165, 1.54) is 66.7 Å². The van der Waals surface area contributed by atoms with Gasteiger partial charge in [0.2, 0.25) is 15.3 Å². The van der Waals surface area contributed by atoms with E-state index in [1.807, 2.05) is 0 Å². The summed E-state index contributed by atoms with van der Waals surface area (Å²) in [6.07, 6.45) is -11.7. The number of carbonyl (C=O) groups excluding carboxylic acids is 1. The van der Waals surface area contributed by atoms with E-state index in [4.69, 9.17) is 48.5 Å². The maximum Gasteiger partial charge on any atom is 0.416 e. The Hall–Kier alpha value is -3.20. The Bertz CT molecular complexity index is 1570. The number of alkyl halides is 6. The van der Waals surface area contributed by atoms with Crippen molar-refractivity contribution in [2.24, 2.45) is 0 Å². The second-order valence-corrected chi connectivity index (χ2v) is 12.7. The van der Waals surface area contributed by atoms with Gasteiger partial charge in [0.1, 0.15) is 11.5 Å². The Morgan fingerprint density at radius 3 is 1.29 bits per heavy atom. The van der Waals surface area contributed by atoms with Crippen LogP contribution >= 0.6 is 56.2 Å². The minimum Gasteiger partial charge on any atom is -0.478 e. The molecule has 0 aromatic heterocycles. The highest BCUT2D eigenvalue weighted by Crippen LogP contribution is 2.34. The number of hydrogen-bond acceptors (Lipinski definition) is 5. The minimum absolute atomic E-state index is 0.108. The maximum atomic E-state index is 12.7. The largest absolute Gasteiger partial charge is 0.478 e. The van der Waals surface area contributed by atoms with Crippen molar-refractivity contribution in [2.45, 2.75) is 24.6 Å². The standard InChI is InChI=1S/C15H9Cl2F3O2.C15H10ClF3O3.Cl2OS/c16-11-6-4-9(5-7-11)13(14(17)21)22-12-3-1-2-10(8-12)15(18,19)20;16-11-6-4-9(5-7-11)13(14(20)21)22-12-3-1-2-10(8-12)15(17,18)19;1-4(2)3/h1-8,13H;1-8,13H,(H,20,21);. The zero-order chi connectivity index (χ0) is 36.2. The monoisotopic (exact) mass is 796 g/mol. The number of ether oxygens (including phenoxy) is 2. The summed E-state index contributed by atoms with van der Waals surface area (Å²) in [5.74, 6) is -1.61. The molecule has 0 saturated heterocycles. The summed E-state index contributed by atoms with van der Waals surface area (Å²) in [7, 11) is 7.36. The van der Waals surface area contributed by atoms with E-state index in [0.29, 0.717) is 15.6 Å². The fourth-order valence-corrected chi connectivity index (χ4v) is 3.97. The van der Waals surface area contributed by atoms with Crippen LogP contribution in [0.2, 0.25) is 10.0 Å². The molecule has 1 N–H and O–H groups in total. The molecule has 0 aliphatic rings. The fraction of sp³-hybridized carbons (Fsp3) is 0.133. The van der Waals surface area contributed by atoms with Gasteiger partial charge >= 0.3 is 18.3 Å². The zero-order valence-corrected chi connectivity index (χ0v) is 28.0. The summed E-state index contributed by atoms with van der Waals surface area (Å²) >= 11 is 16.9. The van der Waals surface area contributed by atoms with Crippen molar-refractivity contribution in [2.75, 3.05) is 0 Å². The highest BCUT2D eigenvalue weighted by atomic mass is 36.0. The van der Waals surface area contributed by atoms with Crippen molar-refractivity contribution in [1.82, 2.24) is 0 Å². The van der Waals surface area contributed by atoms with E-state index in [-0.39, 0.29) is 17.1 Å². The highest BCUT2D eigenvalue weighted by molar-refractivity contribution is 8.26. The van der Waals surface area contributed by atoms with Crippen molar-refractivity contribution in [3.63, 3.8) is 0 Å². The average molecular weight is 799 g/mol. The molecule has 4 aromatic rings. The minimum atomic E-state index is -4.53. The first-order chi connectivity index (χ1) is 22.3. The molecule has 48 heavy (non-hydrogen) atoms. The number of carboxylic acid groups (broad SMARTS) is 1. The highest BCUT2D eigenvalue weighted by Gasteiger charge is 2.32. The predicted molar refractivity (Wildman–Crippen MR) is 171 cm³/mol. The quantitative estimate of drug-likeness (QED) is 0.141. The normalized spacial score (nSPS) is 12.4. The molecule has 2 unspecified atom stereocenters. The topological polar surface area (TPSA) is 89.9 Å². The number of hydrogen-bond donors (Lipinski definition) is 1. The van der Waals surface area contributed by atoms with Crippen molar-refractivity contribution in [3.05, 3.63) is 129 Å². The van der Waals surface area contributed by atoms with Gasteiger partial charge in [-0.15, -0.1) is 0 Å². The molecule has 0 aliphatic carbocycles. The number of carbonyl (C=O) groups is 2. The van der Waals surface area contributed by atoms with Gasteiger partial charge in [0.25, 0.3) is 5.24 Å². The second-order valence-electron chi connectivity index (χ2n) is 8.98. The van der Waals surface area contributed by atoms with E-state index < -0.39 is 56.1 Å². The molecule has 6 nitrogen and oxygen atoms in total. The SMILES string of the molecule is O=C(Cl)C(Oc1cccc(C(F)(F)F)c1)c1ccc(Cl)cc1.O=C(O)C(Oc1cccc(C(F)(F)F)c1)c1ccc(Cl)cc1.O=S(Cl)Cl. The Labute approximate surface area is 295 Å². The Morgan fingerprint density at radius 2 is 0.979 bits per heavy atom. The maximum absolute atomic E-state index is 12.7. The van der Waals surface area contributed by atoms with Crippen LogP contribution in [0.4, 0.5) is 26.3 Å². The molecule has 0 saturated carbocycles. The molecule has 0 spiro atoms. The summed E-state index contributed by atoms with van der Waals surface area (Å²) in [6.45, 7) is 0. The van der Waals surface area contributed by atoms with Gasteiger partial charge < -0.3 is 14.6 Å². The average Bonchev–Trinajstić information content (AvgIpc) is 2.99. The van der Waals surface area contributed by atoms with Crippen molar-refractivity contribution in [3.8, 4) is 11.5 Å². The Kier molecular flexibility index (Phi) is 15.8. The third-order valence-corrected chi connectivity index (χ3v) is 6.31. The van der Waals surface area contributed by atoms with Crippen LogP contribution in [-0.4, -0.2) is 20.5 Å². The van der Waals surface area contributed by atoms with Crippen LogP contribution in [0.15, 0.2) is 97.1 Å². The van der Waals surface area contributed by atoms with Crippen LogP contribution in [-0.2, 0) is 31.2 Å². The molecule has 0 radical (unpaired) electrons. The third kappa shape index (κ3) is 14.1. The molecule has 0 bridgehead atoms. The number of aliphatic carboxylic acids is 1. The number of carboxylic acids is 1. The summed E-state index contributed by atoms with van der Waals surface area (Å²) in [6, 6.07) is 20.2. The summed E-state index contributed by atoms with van der Waals surface area (Å²) in [5, 5.41) is 9.22. The molecule has 4 rings (SSSR count). The number of halogens is 11. The molecule has 18 heteroatoms. The molecule has 4 aromatic carbocycles. The van der Waals surface area contributed by atoms with Crippen LogP contribution in [0.3, 0.4) is 0 Å². The predicted octanol–water partition coefficient (Wildman–Crippen LogP) is 10.9. The van der Waals surface area contributed by atoms with Crippen molar-refractivity contribution < 1.29 is 54.7 Å². The molecule has 0 fully saturated rings. The first kappa shape index (κ1) is 41.0. The second kappa shape index (κ2) is 18.5. The molecule has 0 heterocycles. The lowest BCUT2D eigenvalue weighted by atomic mass is 10.1. The van der Waals surface area contributed by atoms with Gasteiger partial charge in [-0.25, -0.2) is 9.00 Å². The van der Waals surface area contributed by atoms with E-state index in [9.17, 15) is 41.0 Å². The van der Waals surface area contributed by atoms with Gasteiger partial charge in [0.15, 0.2) is 6.10 Å². The Balaban J connectivity index is 0.000000300. The van der Waals surface area contributed by atoms with E-state index in [0.717, 1.165) is 30.3 Å². The summed E-state index contributed by atoms with van der Waals surface area (Å²) in [5.41, 5.74) is -1.12. The van der Waals surface area contributed by atoms with Crippen LogP contribution < -0.4 is 9.47 Å². The van der Waals surface area contributed by atoms with Gasteiger partial charge in [-0.2, -0.15) is 26.3 Å². The van der Waals surface area contributed by atoms with E-state index in [1.54, 1.807) is 0 Å². The van der Waals surface area contributed by atoms with Crippen molar-refractivity contribution >= 4 is 76.6 Å². The molecule has 258 valence electrons. The van der Waals surface area contributed by atoms with Crippen LogP contribution in [0.1, 0.15) is 34.5 Å². The Morgan fingerprint density at radius 1 is 0.646 bits per heavy atom. The van der Waals surface area contributed by atoms with Crippen LogP contribution in [0.25, 0.3) is 0 Å². The fourth-order valence-electron chi connectivity index (χ4n) is 3.55. The van der Waals surface area contributed by atoms with Crippen LogP contribution in [0, 0.1) is 0 Å². The number of benzene rings is 4. The molecule has 0 amide bonds. The van der Waals surface area contributed by atoms with E-state index >= 15 is 0 Å². The smallest absolute Gasteiger partial charge is 0.416 e. The summed E-state index contributed by atoms with van der Waals surface area (Å²) in [4.78, 5) is 22.8. The van der Waals surface area contributed by atoms with Gasteiger partial charge in [-0.3, -0.25) is 4.79 Å². The molecule has 2 atom stereocenters. The van der Waals surface area contributed by atoms with Crippen molar-refractivity contribution in [1.29, 1.82) is 0 Å². The van der Waals surface area contributed by atoms with E-state index in [2.05, 4.69) is 21.4 Å². The summed E-state index contributed by atoms with van der Waals surface area (Å²) < 4.78 is 95.5. The van der Waals surface area contributed by atoms with Gasteiger partial charge in [0.05, 0.1) is 11.1 Å². The zero-order valence-electron chi connectivity index (χ0n) is 23.4. The first-order valence-corrected chi connectivity index (χ1v) is 16.6. The molecule has 0 aliphatic heterocycles. The first-order valence-electron chi connectivity index (χ1n) is 12.6. The molecular formula is C30H19Cl5F6O6S. The molecular weight excluding hydrogens is 780 g/mol. The van der Waals surface area contributed by atoms with Crippen LogP contribution in [0.5, 0.6) is 11.5 Å². The third-order valence-electron chi connectivity index (χ3n) is 5.61. The lowest BCUT2D eigenvalue weighted by Crippen LogP contribution is -2.18.